The molecule has 0 spiro atoms. The Kier molecular flexibility index (Phi) is 3.40. The Labute approximate surface area is 117 Å². The molecule has 0 aromatic carbocycles. The molecule has 1 aliphatic carbocycles. The molecular weight excluding hydrogens is 254 g/mol. The number of nitrogens with zero attached hydrogens (tertiary/aromatic N) is 3. The minimum atomic E-state index is 0.0464. The average molecular weight is 273 g/mol. The third-order valence-electron chi connectivity index (χ3n) is 3.97. The first-order valence-electron chi connectivity index (χ1n) is 6.96. The Morgan fingerprint density at radius 1 is 1.55 bits per heavy atom. The lowest BCUT2D eigenvalue weighted by Crippen LogP contribution is -2.54. The summed E-state index contributed by atoms with van der Waals surface area (Å²) in [5.74, 6) is 0.928. The van der Waals surface area contributed by atoms with E-state index in [2.05, 4.69) is 15.3 Å². The molecule has 0 radical (unpaired) electrons. The van der Waals surface area contributed by atoms with E-state index in [1.54, 1.807) is 6.20 Å². The molecule has 2 atom stereocenters. The van der Waals surface area contributed by atoms with Gasteiger partial charge in [0.15, 0.2) is 5.65 Å². The molecular formula is C14H19N5O. The number of rotatable bonds is 4. The van der Waals surface area contributed by atoms with Crippen LogP contribution >= 0.6 is 0 Å². The zero-order valence-electron chi connectivity index (χ0n) is 11.5. The van der Waals surface area contributed by atoms with Crippen LogP contribution < -0.4 is 11.1 Å². The van der Waals surface area contributed by atoms with Gasteiger partial charge in [-0.1, -0.05) is 0 Å². The number of fused-ring (bicyclic) bond motifs is 1. The van der Waals surface area contributed by atoms with Crippen LogP contribution in [0.15, 0.2) is 18.3 Å². The Balaban J connectivity index is 1.62. The standard InChI is InChI=1S/C14H19N5O/c1-19-12(17-11-3-2-8-16-14(11)19)6-7-13(20)18-10-5-4-9(10)15/h2-3,8-10H,4-7,15H2,1H3,(H,18,20)/t9-,10+/m1/s1. The van der Waals surface area contributed by atoms with Crippen LogP contribution in [0, 0.1) is 0 Å². The second kappa shape index (κ2) is 5.20. The summed E-state index contributed by atoms with van der Waals surface area (Å²) < 4.78 is 1.94. The maximum Gasteiger partial charge on any atom is 0.220 e. The maximum absolute atomic E-state index is 11.9. The molecule has 1 saturated carbocycles. The van der Waals surface area contributed by atoms with E-state index in [1.807, 2.05) is 23.7 Å². The van der Waals surface area contributed by atoms with Crippen molar-refractivity contribution in [3.05, 3.63) is 24.2 Å². The number of hydrogen-bond donors (Lipinski definition) is 2. The van der Waals surface area contributed by atoms with Gasteiger partial charge >= 0.3 is 0 Å². The van der Waals surface area contributed by atoms with Crippen molar-refractivity contribution in [1.82, 2.24) is 19.9 Å². The Morgan fingerprint density at radius 2 is 2.40 bits per heavy atom. The number of imidazole rings is 1. The quantitative estimate of drug-likeness (QED) is 0.849. The predicted octanol–water partition coefficient (Wildman–Crippen LogP) is 0.507. The Hall–Kier alpha value is -1.95. The van der Waals surface area contributed by atoms with Gasteiger partial charge < -0.3 is 15.6 Å². The van der Waals surface area contributed by atoms with Gasteiger partial charge in [0, 0.05) is 38.2 Å². The molecule has 6 nitrogen and oxygen atoms in total. The van der Waals surface area contributed by atoms with E-state index in [0.29, 0.717) is 12.8 Å². The molecule has 1 amide bonds. The molecule has 1 fully saturated rings. The van der Waals surface area contributed by atoms with Crippen molar-refractivity contribution in [3.63, 3.8) is 0 Å². The van der Waals surface area contributed by atoms with Gasteiger partial charge in [-0.25, -0.2) is 9.97 Å². The summed E-state index contributed by atoms with van der Waals surface area (Å²) in [5, 5.41) is 2.97. The van der Waals surface area contributed by atoms with E-state index in [4.69, 9.17) is 5.73 Å². The van der Waals surface area contributed by atoms with E-state index >= 15 is 0 Å². The molecule has 0 aliphatic heterocycles. The smallest absolute Gasteiger partial charge is 0.220 e. The SMILES string of the molecule is Cn1c(CCC(=O)N[C@H]2CC[C@H]2N)nc2cccnc21. The second-order valence-corrected chi connectivity index (χ2v) is 5.35. The molecule has 2 aromatic rings. The number of amides is 1. The van der Waals surface area contributed by atoms with Crippen LogP contribution in [-0.4, -0.2) is 32.5 Å². The first-order chi connectivity index (χ1) is 9.65. The topological polar surface area (TPSA) is 85.8 Å². The Bertz CT molecular complexity index is 636. The summed E-state index contributed by atoms with van der Waals surface area (Å²) in [4.78, 5) is 20.7. The third-order valence-corrected chi connectivity index (χ3v) is 3.97. The number of aromatic nitrogens is 3. The van der Waals surface area contributed by atoms with E-state index < -0.39 is 0 Å². The molecule has 1 aliphatic rings. The van der Waals surface area contributed by atoms with E-state index in [9.17, 15) is 4.79 Å². The molecule has 6 heteroatoms. The fourth-order valence-corrected chi connectivity index (χ4v) is 2.50. The van der Waals surface area contributed by atoms with E-state index in [0.717, 1.165) is 29.8 Å². The highest BCUT2D eigenvalue weighted by Crippen LogP contribution is 2.17. The summed E-state index contributed by atoms with van der Waals surface area (Å²) >= 11 is 0. The van der Waals surface area contributed by atoms with Gasteiger partial charge in [-0.3, -0.25) is 4.79 Å². The molecule has 3 N–H and O–H groups in total. The molecule has 2 aromatic heterocycles. The molecule has 106 valence electrons. The van der Waals surface area contributed by atoms with Crippen molar-refractivity contribution >= 4 is 17.1 Å². The lowest BCUT2D eigenvalue weighted by atomic mass is 9.87. The number of pyridine rings is 1. The van der Waals surface area contributed by atoms with Crippen LogP contribution in [-0.2, 0) is 18.3 Å². The van der Waals surface area contributed by atoms with Crippen LogP contribution in [0.25, 0.3) is 11.2 Å². The summed E-state index contributed by atoms with van der Waals surface area (Å²) in [5.41, 5.74) is 7.53. The fourth-order valence-electron chi connectivity index (χ4n) is 2.50. The zero-order valence-corrected chi connectivity index (χ0v) is 11.5. The van der Waals surface area contributed by atoms with Crippen molar-refractivity contribution in [2.24, 2.45) is 12.8 Å². The van der Waals surface area contributed by atoms with Crippen LogP contribution in [0.5, 0.6) is 0 Å². The molecule has 20 heavy (non-hydrogen) atoms. The monoisotopic (exact) mass is 273 g/mol. The van der Waals surface area contributed by atoms with Crippen LogP contribution in [0.3, 0.4) is 0 Å². The largest absolute Gasteiger partial charge is 0.352 e. The van der Waals surface area contributed by atoms with Crippen LogP contribution in [0.2, 0.25) is 0 Å². The van der Waals surface area contributed by atoms with Crippen molar-refractivity contribution in [2.75, 3.05) is 0 Å². The lowest BCUT2D eigenvalue weighted by Gasteiger charge is -2.34. The second-order valence-electron chi connectivity index (χ2n) is 5.35. The molecule has 0 saturated heterocycles. The van der Waals surface area contributed by atoms with Crippen molar-refractivity contribution in [3.8, 4) is 0 Å². The first-order valence-corrected chi connectivity index (χ1v) is 6.96. The molecule has 0 bridgehead atoms. The summed E-state index contributed by atoms with van der Waals surface area (Å²) in [6.45, 7) is 0. The molecule has 0 unspecified atom stereocenters. The van der Waals surface area contributed by atoms with Crippen molar-refractivity contribution in [1.29, 1.82) is 0 Å². The normalized spacial score (nSPS) is 21.7. The van der Waals surface area contributed by atoms with Gasteiger partial charge in [0.1, 0.15) is 11.3 Å². The minimum Gasteiger partial charge on any atom is -0.352 e. The number of aryl methyl sites for hydroxylation is 2. The minimum absolute atomic E-state index is 0.0464. The highest BCUT2D eigenvalue weighted by atomic mass is 16.1. The maximum atomic E-state index is 11.9. The van der Waals surface area contributed by atoms with Gasteiger partial charge in [0.05, 0.1) is 0 Å². The van der Waals surface area contributed by atoms with Crippen molar-refractivity contribution < 1.29 is 4.79 Å². The molecule has 2 heterocycles. The van der Waals surface area contributed by atoms with E-state index in [-0.39, 0.29) is 18.0 Å². The van der Waals surface area contributed by atoms with Crippen LogP contribution in [0.1, 0.15) is 25.1 Å². The zero-order chi connectivity index (χ0) is 14.1. The number of nitrogens with one attached hydrogen (secondary N) is 1. The average Bonchev–Trinajstić information content (AvgIpc) is 2.78. The number of nitrogens with two attached hydrogens (primary N) is 1. The van der Waals surface area contributed by atoms with Gasteiger partial charge in [0.2, 0.25) is 5.91 Å². The predicted molar refractivity (Wildman–Crippen MR) is 76.0 cm³/mol. The summed E-state index contributed by atoms with van der Waals surface area (Å²) in [6, 6.07) is 4.08. The first kappa shape index (κ1) is 13.1. The lowest BCUT2D eigenvalue weighted by molar-refractivity contribution is -0.122. The number of carbonyl (C=O) groups excluding carboxylic acids is 1. The third kappa shape index (κ3) is 2.38. The van der Waals surface area contributed by atoms with Gasteiger partial charge in [-0.2, -0.15) is 0 Å². The number of hydrogen-bond acceptors (Lipinski definition) is 4. The highest BCUT2D eigenvalue weighted by molar-refractivity contribution is 5.77. The van der Waals surface area contributed by atoms with E-state index in [1.165, 1.54) is 0 Å². The van der Waals surface area contributed by atoms with Crippen molar-refractivity contribution in [2.45, 2.75) is 37.8 Å². The van der Waals surface area contributed by atoms with Gasteiger partial charge in [-0.05, 0) is 25.0 Å². The fraction of sp³-hybridized carbons (Fsp3) is 0.500. The highest BCUT2D eigenvalue weighted by Gasteiger charge is 2.28. The van der Waals surface area contributed by atoms with Gasteiger partial charge in [0.25, 0.3) is 0 Å². The molecule has 3 rings (SSSR count). The van der Waals surface area contributed by atoms with Crippen LogP contribution in [0.4, 0.5) is 0 Å². The number of carbonyl (C=O) groups is 1. The summed E-state index contributed by atoms with van der Waals surface area (Å²) in [7, 11) is 1.93. The Morgan fingerprint density at radius 3 is 3.05 bits per heavy atom. The summed E-state index contributed by atoms with van der Waals surface area (Å²) in [6.07, 6.45) is 4.78. The van der Waals surface area contributed by atoms with Gasteiger partial charge in [-0.15, -0.1) is 0 Å².